The van der Waals surface area contributed by atoms with Crippen LogP contribution >= 0.6 is 0 Å². The molecule has 3 nitrogen and oxygen atoms in total. The largest absolute Gasteiger partial charge is 0.394 e. The number of nitrogens with zero attached hydrogens (tertiary/aromatic N) is 1. The van der Waals surface area contributed by atoms with Crippen molar-refractivity contribution in [1.29, 1.82) is 0 Å². The Morgan fingerprint density at radius 2 is 1.75 bits per heavy atom. The molecule has 0 aromatic heterocycles. The van der Waals surface area contributed by atoms with Gasteiger partial charge in [-0.15, -0.1) is 0 Å². The van der Waals surface area contributed by atoms with E-state index in [-0.39, 0.29) is 18.6 Å². The van der Waals surface area contributed by atoms with Gasteiger partial charge in [0, 0.05) is 13.5 Å². The molecule has 0 aliphatic rings. The van der Waals surface area contributed by atoms with E-state index in [0.717, 1.165) is 12.8 Å². The molecule has 0 saturated carbocycles. The Bertz CT molecular complexity index is 183. The molecule has 0 fully saturated rings. The average Bonchev–Trinajstić information content (AvgIpc) is 2.31. The van der Waals surface area contributed by atoms with Crippen LogP contribution in [0.3, 0.4) is 0 Å². The molecule has 0 spiro atoms. The maximum absolute atomic E-state index is 11.6. The number of unbranched alkanes of at least 4 members (excludes halogenated alkanes) is 5. The van der Waals surface area contributed by atoms with Gasteiger partial charge in [0.05, 0.1) is 12.6 Å². The topological polar surface area (TPSA) is 40.5 Å². The van der Waals surface area contributed by atoms with Gasteiger partial charge < -0.3 is 10.0 Å². The van der Waals surface area contributed by atoms with Crippen molar-refractivity contribution in [2.45, 2.75) is 64.8 Å². The molecular weight excluding hydrogens is 202 g/mol. The third kappa shape index (κ3) is 6.83. The summed E-state index contributed by atoms with van der Waals surface area (Å²) in [7, 11) is 1.76. The highest BCUT2D eigenvalue weighted by atomic mass is 16.3. The maximum Gasteiger partial charge on any atom is 0.222 e. The van der Waals surface area contributed by atoms with Crippen LogP contribution in [0.5, 0.6) is 0 Å². The summed E-state index contributed by atoms with van der Waals surface area (Å²) < 4.78 is 0. The van der Waals surface area contributed by atoms with E-state index in [4.69, 9.17) is 5.11 Å². The van der Waals surface area contributed by atoms with Gasteiger partial charge in [0.25, 0.3) is 0 Å². The van der Waals surface area contributed by atoms with E-state index in [1.165, 1.54) is 25.7 Å². The minimum absolute atomic E-state index is 0.0404. The third-order valence-corrected chi connectivity index (χ3v) is 3.06. The van der Waals surface area contributed by atoms with Gasteiger partial charge in [-0.05, 0) is 13.3 Å². The van der Waals surface area contributed by atoms with Gasteiger partial charge in [0.2, 0.25) is 5.91 Å². The van der Waals surface area contributed by atoms with Crippen LogP contribution in [0.1, 0.15) is 58.8 Å². The van der Waals surface area contributed by atoms with Crippen LogP contribution in [0.25, 0.3) is 0 Å². The molecule has 0 radical (unpaired) electrons. The summed E-state index contributed by atoms with van der Waals surface area (Å²) in [4.78, 5) is 13.3. The number of hydrogen-bond donors (Lipinski definition) is 1. The van der Waals surface area contributed by atoms with E-state index >= 15 is 0 Å². The molecule has 3 heteroatoms. The second kappa shape index (κ2) is 9.64. The fourth-order valence-corrected chi connectivity index (χ4v) is 1.60. The van der Waals surface area contributed by atoms with Crippen molar-refractivity contribution in [2.24, 2.45) is 0 Å². The zero-order valence-electron chi connectivity index (χ0n) is 11.0. The lowest BCUT2D eigenvalue weighted by Gasteiger charge is -2.23. The van der Waals surface area contributed by atoms with E-state index in [2.05, 4.69) is 6.92 Å². The third-order valence-electron chi connectivity index (χ3n) is 3.06. The molecule has 0 aromatic carbocycles. The number of rotatable bonds is 9. The standard InChI is InChI=1S/C13H27NO2/c1-4-5-6-7-8-9-10-13(16)14(3)12(2)11-15/h12,15H,4-11H2,1-3H3. The highest BCUT2D eigenvalue weighted by Crippen LogP contribution is 2.08. The van der Waals surface area contributed by atoms with Gasteiger partial charge >= 0.3 is 0 Å². The van der Waals surface area contributed by atoms with Crippen LogP contribution in [-0.4, -0.2) is 35.6 Å². The van der Waals surface area contributed by atoms with E-state index in [0.29, 0.717) is 6.42 Å². The van der Waals surface area contributed by atoms with Gasteiger partial charge in [-0.2, -0.15) is 0 Å². The highest BCUT2D eigenvalue weighted by Gasteiger charge is 2.13. The van der Waals surface area contributed by atoms with Gasteiger partial charge in [-0.25, -0.2) is 0 Å². The summed E-state index contributed by atoms with van der Waals surface area (Å²) in [5.41, 5.74) is 0. The zero-order valence-corrected chi connectivity index (χ0v) is 11.0. The molecule has 0 heterocycles. The molecule has 0 aromatic rings. The monoisotopic (exact) mass is 229 g/mol. The minimum atomic E-state index is -0.0624. The summed E-state index contributed by atoms with van der Waals surface area (Å²) in [6.07, 6.45) is 7.82. The number of hydrogen-bond acceptors (Lipinski definition) is 2. The fraction of sp³-hybridized carbons (Fsp3) is 0.923. The zero-order chi connectivity index (χ0) is 12.4. The first-order chi connectivity index (χ1) is 7.63. The van der Waals surface area contributed by atoms with Crippen LogP contribution in [0.4, 0.5) is 0 Å². The molecule has 16 heavy (non-hydrogen) atoms. The molecule has 1 atom stereocenters. The number of carbonyl (C=O) groups excluding carboxylic acids is 1. The lowest BCUT2D eigenvalue weighted by atomic mass is 10.1. The first-order valence-electron chi connectivity index (χ1n) is 6.50. The smallest absolute Gasteiger partial charge is 0.222 e. The van der Waals surface area contributed by atoms with Crippen molar-refractivity contribution in [2.75, 3.05) is 13.7 Å². The van der Waals surface area contributed by atoms with Crippen molar-refractivity contribution in [3.05, 3.63) is 0 Å². The van der Waals surface area contributed by atoms with Crippen LogP contribution < -0.4 is 0 Å². The molecular formula is C13H27NO2. The lowest BCUT2D eigenvalue weighted by molar-refractivity contribution is -0.132. The first kappa shape index (κ1) is 15.4. The predicted molar refractivity (Wildman–Crippen MR) is 67.3 cm³/mol. The number of aliphatic hydroxyl groups is 1. The number of aliphatic hydroxyl groups excluding tert-OH is 1. The molecule has 0 aliphatic heterocycles. The molecule has 0 aliphatic carbocycles. The second-order valence-electron chi connectivity index (χ2n) is 4.55. The normalized spacial score (nSPS) is 12.5. The molecule has 1 unspecified atom stereocenters. The van der Waals surface area contributed by atoms with Crippen LogP contribution in [0.15, 0.2) is 0 Å². The molecule has 1 amide bonds. The molecule has 0 bridgehead atoms. The Morgan fingerprint density at radius 3 is 2.31 bits per heavy atom. The van der Waals surface area contributed by atoms with Gasteiger partial charge in [0.15, 0.2) is 0 Å². The van der Waals surface area contributed by atoms with Crippen LogP contribution in [0, 0.1) is 0 Å². The summed E-state index contributed by atoms with van der Waals surface area (Å²) in [6, 6.07) is -0.0624. The maximum atomic E-state index is 11.6. The Balaban J connectivity index is 3.50. The van der Waals surface area contributed by atoms with Crippen molar-refractivity contribution >= 4 is 5.91 Å². The Kier molecular flexibility index (Phi) is 9.30. The average molecular weight is 229 g/mol. The van der Waals surface area contributed by atoms with Crippen LogP contribution in [0.2, 0.25) is 0 Å². The van der Waals surface area contributed by atoms with E-state index in [1.807, 2.05) is 6.92 Å². The predicted octanol–water partition coefficient (Wildman–Crippen LogP) is 2.58. The fourth-order valence-electron chi connectivity index (χ4n) is 1.60. The van der Waals surface area contributed by atoms with Gasteiger partial charge in [-0.3, -0.25) is 4.79 Å². The second-order valence-corrected chi connectivity index (χ2v) is 4.55. The van der Waals surface area contributed by atoms with Crippen molar-refractivity contribution in [1.82, 2.24) is 4.90 Å². The Hall–Kier alpha value is -0.570. The Labute approximate surface area is 99.8 Å². The Morgan fingerprint density at radius 1 is 1.19 bits per heavy atom. The molecule has 0 rings (SSSR count). The number of amides is 1. The summed E-state index contributed by atoms with van der Waals surface area (Å²) in [6.45, 7) is 4.10. The van der Waals surface area contributed by atoms with Crippen molar-refractivity contribution in [3.8, 4) is 0 Å². The van der Waals surface area contributed by atoms with Gasteiger partial charge in [0.1, 0.15) is 0 Å². The summed E-state index contributed by atoms with van der Waals surface area (Å²) in [5.74, 6) is 0.150. The number of likely N-dealkylation sites (N-methyl/N-ethyl adjacent to an activating group) is 1. The van der Waals surface area contributed by atoms with Crippen LogP contribution in [-0.2, 0) is 4.79 Å². The van der Waals surface area contributed by atoms with E-state index in [9.17, 15) is 4.79 Å². The van der Waals surface area contributed by atoms with Crippen molar-refractivity contribution in [3.63, 3.8) is 0 Å². The SMILES string of the molecule is CCCCCCCCC(=O)N(C)C(C)CO. The first-order valence-corrected chi connectivity index (χ1v) is 6.50. The lowest BCUT2D eigenvalue weighted by Crippen LogP contribution is -2.37. The molecule has 0 saturated heterocycles. The number of carbonyl (C=O) groups is 1. The summed E-state index contributed by atoms with van der Waals surface area (Å²) >= 11 is 0. The highest BCUT2D eigenvalue weighted by molar-refractivity contribution is 5.76. The molecule has 1 N–H and O–H groups in total. The van der Waals surface area contributed by atoms with E-state index in [1.54, 1.807) is 11.9 Å². The quantitative estimate of drug-likeness (QED) is 0.617. The summed E-state index contributed by atoms with van der Waals surface area (Å²) in [5, 5.41) is 8.93. The minimum Gasteiger partial charge on any atom is -0.394 e. The van der Waals surface area contributed by atoms with Crippen molar-refractivity contribution < 1.29 is 9.90 Å². The van der Waals surface area contributed by atoms with E-state index < -0.39 is 0 Å². The molecule has 96 valence electrons. The van der Waals surface area contributed by atoms with Gasteiger partial charge in [-0.1, -0.05) is 39.0 Å².